The number of nitrogens with one attached hydrogen (secondary N) is 1. The fraction of sp³-hybridized carbons (Fsp3) is 0.375. The SMILES string of the molecule is Cc1cccc(N2CCN(C(=O)Cc3cnc[nH]3)CC2)c1. The van der Waals surface area contributed by atoms with Gasteiger partial charge >= 0.3 is 0 Å². The molecule has 0 spiro atoms. The molecule has 2 heterocycles. The van der Waals surface area contributed by atoms with Gasteiger partial charge in [0.15, 0.2) is 0 Å². The number of nitrogens with zero attached hydrogens (tertiary/aromatic N) is 3. The number of piperazine rings is 1. The van der Waals surface area contributed by atoms with Crippen molar-refractivity contribution in [3.8, 4) is 0 Å². The third kappa shape index (κ3) is 3.24. The third-order valence-electron chi connectivity index (χ3n) is 3.90. The fourth-order valence-corrected chi connectivity index (χ4v) is 2.69. The summed E-state index contributed by atoms with van der Waals surface area (Å²) in [5.41, 5.74) is 3.39. The summed E-state index contributed by atoms with van der Waals surface area (Å²) in [7, 11) is 0. The van der Waals surface area contributed by atoms with Gasteiger partial charge in [-0.15, -0.1) is 0 Å². The number of carbonyl (C=O) groups is 1. The first-order valence-corrected chi connectivity index (χ1v) is 7.29. The molecule has 1 aromatic carbocycles. The van der Waals surface area contributed by atoms with Gasteiger partial charge in [0.1, 0.15) is 0 Å². The number of hydrogen-bond acceptors (Lipinski definition) is 3. The van der Waals surface area contributed by atoms with Gasteiger partial charge in [-0.25, -0.2) is 4.98 Å². The number of benzene rings is 1. The van der Waals surface area contributed by atoms with Crippen molar-refractivity contribution in [3.63, 3.8) is 0 Å². The maximum Gasteiger partial charge on any atom is 0.228 e. The number of aryl methyl sites for hydroxylation is 1. The molecule has 1 fully saturated rings. The van der Waals surface area contributed by atoms with Crippen LogP contribution in [0, 0.1) is 6.92 Å². The molecule has 1 aliphatic heterocycles. The van der Waals surface area contributed by atoms with E-state index in [4.69, 9.17) is 0 Å². The number of aromatic nitrogens is 2. The molecule has 0 saturated carbocycles. The van der Waals surface area contributed by atoms with Crippen LogP contribution >= 0.6 is 0 Å². The van der Waals surface area contributed by atoms with E-state index >= 15 is 0 Å². The van der Waals surface area contributed by atoms with Gasteiger partial charge in [-0.1, -0.05) is 12.1 Å². The molecular weight excluding hydrogens is 264 g/mol. The number of imidazole rings is 1. The number of aromatic amines is 1. The molecule has 5 nitrogen and oxygen atoms in total. The monoisotopic (exact) mass is 284 g/mol. The highest BCUT2D eigenvalue weighted by Gasteiger charge is 2.21. The Hall–Kier alpha value is -2.30. The van der Waals surface area contributed by atoms with E-state index in [2.05, 4.69) is 46.1 Å². The summed E-state index contributed by atoms with van der Waals surface area (Å²) in [5.74, 6) is 0.170. The molecule has 1 saturated heterocycles. The number of rotatable bonds is 3. The zero-order chi connectivity index (χ0) is 14.7. The van der Waals surface area contributed by atoms with E-state index in [0.717, 1.165) is 31.9 Å². The quantitative estimate of drug-likeness (QED) is 0.931. The Morgan fingerprint density at radius 3 is 2.76 bits per heavy atom. The molecule has 1 aliphatic rings. The van der Waals surface area contributed by atoms with Gasteiger partial charge in [0.05, 0.1) is 12.7 Å². The van der Waals surface area contributed by atoms with Gasteiger partial charge in [0.2, 0.25) is 5.91 Å². The van der Waals surface area contributed by atoms with E-state index in [-0.39, 0.29) is 5.91 Å². The lowest BCUT2D eigenvalue weighted by Crippen LogP contribution is -2.49. The molecule has 1 N–H and O–H groups in total. The molecule has 5 heteroatoms. The van der Waals surface area contributed by atoms with Crippen LogP contribution in [0.1, 0.15) is 11.3 Å². The normalized spacial score (nSPS) is 15.3. The first-order valence-electron chi connectivity index (χ1n) is 7.29. The van der Waals surface area contributed by atoms with Crippen molar-refractivity contribution in [1.82, 2.24) is 14.9 Å². The van der Waals surface area contributed by atoms with Crippen molar-refractivity contribution < 1.29 is 4.79 Å². The van der Waals surface area contributed by atoms with Crippen LogP contribution in [0.3, 0.4) is 0 Å². The van der Waals surface area contributed by atoms with Gasteiger partial charge in [-0.05, 0) is 24.6 Å². The van der Waals surface area contributed by atoms with Crippen molar-refractivity contribution >= 4 is 11.6 Å². The first kappa shape index (κ1) is 13.7. The Labute approximate surface area is 124 Å². The average Bonchev–Trinajstić information content (AvgIpc) is 3.00. The summed E-state index contributed by atoms with van der Waals surface area (Å²) in [6.45, 7) is 5.44. The molecular formula is C16H20N4O. The minimum absolute atomic E-state index is 0.170. The van der Waals surface area contributed by atoms with Crippen molar-refractivity contribution in [2.45, 2.75) is 13.3 Å². The second-order valence-corrected chi connectivity index (χ2v) is 5.46. The van der Waals surface area contributed by atoms with Gasteiger partial charge in [0, 0.05) is 43.8 Å². The van der Waals surface area contributed by atoms with Crippen LogP contribution in [0.2, 0.25) is 0 Å². The van der Waals surface area contributed by atoms with Gasteiger partial charge in [0.25, 0.3) is 0 Å². The fourth-order valence-electron chi connectivity index (χ4n) is 2.69. The number of amides is 1. The summed E-state index contributed by atoms with van der Waals surface area (Å²) in [6.07, 6.45) is 3.73. The van der Waals surface area contributed by atoms with Crippen LogP contribution in [-0.4, -0.2) is 47.0 Å². The second-order valence-electron chi connectivity index (χ2n) is 5.46. The maximum absolute atomic E-state index is 12.2. The van der Waals surface area contributed by atoms with Gasteiger partial charge in [-0.2, -0.15) is 0 Å². The highest BCUT2D eigenvalue weighted by atomic mass is 16.2. The molecule has 1 aromatic heterocycles. The lowest BCUT2D eigenvalue weighted by molar-refractivity contribution is -0.130. The molecule has 0 bridgehead atoms. The summed E-state index contributed by atoms with van der Waals surface area (Å²) >= 11 is 0. The van der Waals surface area contributed by atoms with Crippen molar-refractivity contribution in [2.24, 2.45) is 0 Å². The number of hydrogen-bond donors (Lipinski definition) is 1. The Kier molecular flexibility index (Phi) is 3.90. The smallest absolute Gasteiger partial charge is 0.228 e. The number of anilines is 1. The van der Waals surface area contributed by atoms with E-state index in [1.165, 1.54) is 11.3 Å². The highest BCUT2D eigenvalue weighted by Crippen LogP contribution is 2.18. The molecule has 0 atom stereocenters. The highest BCUT2D eigenvalue weighted by molar-refractivity contribution is 5.78. The van der Waals surface area contributed by atoms with Crippen LogP contribution in [0.5, 0.6) is 0 Å². The molecule has 0 radical (unpaired) electrons. The van der Waals surface area contributed by atoms with Gasteiger partial charge in [-0.3, -0.25) is 4.79 Å². The Bertz CT molecular complexity index is 600. The summed E-state index contributed by atoms with van der Waals surface area (Å²) < 4.78 is 0. The van der Waals surface area contributed by atoms with Crippen LogP contribution in [0.15, 0.2) is 36.8 Å². The van der Waals surface area contributed by atoms with E-state index in [9.17, 15) is 4.79 Å². The molecule has 1 amide bonds. The first-order chi connectivity index (χ1) is 10.2. The zero-order valence-corrected chi connectivity index (χ0v) is 12.2. The lowest BCUT2D eigenvalue weighted by atomic mass is 10.2. The van der Waals surface area contributed by atoms with Crippen LogP contribution < -0.4 is 4.90 Å². The standard InChI is InChI=1S/C16H20N4O/c1-13-3-2-4-15(9-13)19-5-7-20(8-6-19)16(21)10-14-11-17-12-18-14/h2-4,9,11-12H,5-8,10H2,1H3,(H,17,18). The predicted molar refractivity (Wildman–Crippen MR) is 82.3 cm³/mol. The zero-order valence-electron chi connectivity index (χ0n) is 12.2. The lowest BCUT2D eigenvalue weighted by Gasteiger charge is -2.36. The van der Waals surface area contributed by atoms with Crippen LogP contribution in [0.4, 0.5) is 5.69 Å². The number of H-pyrrole nitrogens is 1. The maximum atomic E-state index is 12.2. The predicted octanol–water partition coefficient (Wildman–Crippen LogP) is 1.61. The Balaban J connectivity index is 1.56. The summed E-state index contributed by atoms with van der Waals surface area (Å²) in [5, 5.41) is 0. The molecule has 3 rings (SSSR count). The minimum Gasteiger partial charge on any atom is -0.368 e. The van der Waals surface area contributed by atoms with Crippen LogP contribution in [-0.2, 0) is 11.2 Å². The largest absolute Gasteiger partial charge is 0.368 e. The van der Waals surface area contributed by atoms with Crippen molar-refractivity contribution in [2.75, 3.05) is 31.1 Å². The molecule has 21 heavy (non-hydrogen) atoms. The third-order valence-corrected chi connectivity index (χ3v) is 3.90. The van der Waals surface area contributed by atoms with E-state index in [1.807, 2.05) is 4.90 Å². The Morgan fingerprint density at radius 1 is 1.29 bits per heavy atom. The van der Waals surface area contributed by atoms with Crippen molar-refractivity contribution in [3.05, 3.63) is 48.0 Å². The minimum atomic E-state index is 0.170. The molecule has 0 aliphatic carbocycles. The molecule has 0 unspecified atom stereocenters. The van der Waals surface area contributed by atoms with E-state index < -0.39 is 0 Å². The Morgan fingerprint density at radius 2 is 2.10 bits per heavy atom. The van der Waals surface area contributed by atoms with Gasteiger partial charge < -0.3 is 14.8 Å². The average molecular weight is 284 g/mol. The summed E-state index contributed by atoms with van der Waals surface area (Å²) in [6, 6.07) is 8.52. The molecule has 2 aromatic rings. The second kappa shape index (κ2) is 5.99. The van der Waals surface area contributed by atoms with E-state index in [1.54, 1.807) is 12.5 Å². The summed E-state index contributed by atoms with van der Waals surface area (Å²) in [4.78, 5) is 23.4. The van der Waals surface area contributed by atoms with Crippen molar-refractivity contribution in [1.29, 1.82) is 0 Å². The molecule has 110 valence electrons. The van der Waals surface area contributed by atoms with Crippen LogP contribution in [0.25, 0.3) is 0 Å². The number of carbonyl (C=O) groups excluding carboxylic acids is 1. The topological polar surface area (TPSA) is 52.2 Å². The van der Waals surface area contributed by atoms with E-state index in [0.29, 0.717) is 6.42 Å².